The number of sulfonamides is 1. The average molecular weight is 343 g/mol. The first-order valence-electron chi connectivity index (χ1n) is 7.74. The van der Waals surface area contributed by atoms with Crippen LogP contribution in [-0.2, 0) is 10.0 Å². The Hall–Kier alpha value is -1.38. The van der Waals surface area contributed by atoms with Gasteiger partial charge in [-0.2, -0.15) is 0 Å². The van der Waals surface area contributed by atoms with Crippen LogP contribution in [0.1, 0.15) is 29.0 Å². The zero-order chi connectivity index (χ0) is 17.2. The van der Waals surface area contributed by atoms with Gasteiger partial charge in [0.05, 0.1) is 5.56 Å². The minimum absolute atomic E-state index is 0.160. The first-order valence-corrected chi connectivity index (χ1v) is 9.18. The van der Waals surface area contributed by atoms with Crippen molar-refractivity contribution < 1.29 is 17.6 Å². The molecule has 0 spiro atoms. The molecule has 0 bridgehead atoms. The highest BCUT2D eigenvalue weighted by Gasteiger charge is 2.30. The van der Waals surface area contributed by atoms with Gasteiger partial charge in [0, 0.05) is 33.3 Å². The quantitative estimate of drug-likeness (QED) is 0.859. The highest BCUT2D eigenvalue weighted by molar-refractivity contribution is 7.88. The Morgan fingerprint density at radius 1 is 1.48 bits per heavy atom. The van der Waals surface area contributed by atoms with Crippen molar-refractivity contribution in [1.29, 1.82) is 0 Å². The van der Waals surface area contributed by atoms with E-state index in [1.54, 1.807) is 11.8 Å². The van der Waals surface area contributed by atoms with Crippen molar-refractivity contribution in [2.45, 2.75) is 24.9 Å². The number of aryl methyl sites for hydroxylation is 1. The van der Waals surface area contributed by atoms with Gasteiger partial charge in [-0.15, -0.1) is 0 Å². The van der Waals surface area contributed by atoms with Gasteiger partial charge in [0.25, 0.3) is 15.9 Å². The second kappa shape index (κ2) is 7.02. The van der Waals surface area contributed by atoms with Crippen LogP contribution in [0.3, 0.4) is 0 Å². The van der Waals surface area contributed by atoms with E-state index in [2.05, 4.69) is 5.32 Å². The number of furan rings is 1. The summed E-state index contributed by atoms with van der Waals surface area (Å²) in [7, 11) is 1.09. The highest BCUT2D eigenvalue weighted by Crippen LogP contribution is 2.24. The maximum atomic E-state index is 12.7. The van der Waals surface area contributed by atoms with Crippen molar-refractivity contribution in [2.24, 2.45) is 5.92 Å². The van der Waals surface area contributed by atoms with Crippen LogP contribution in [0.25, 0.3) is 0 Å². The zero-order valence-corrected chi connectivity index (χ0v) is 14.9. The van der Waals surface area contributed by atoms with Gasteiger partial charge < -0.3 is 14.6 Å². The van der Waals surface area contributed by atoms with E-state index in [1.165, 1.54) is 20.2 Å². The number of rotatable bonds is 5. The molecule has 0 aromatic carbocycles. The van der Waals surface area contributed by atoms with Gasteiger partial charge in [-0.3, -0.25) is 4.79 Å². The maximum Gasteiger partial charge on any atom is 0.275 e. The molecule has 1 aliphatic rings. The van der Waals surface area contributed by atoms with Crippen molar-refractivity contribution in [1.82, 2.24) is 14.5 Å². The normalized spacial score (nSPS) is 19.3. The summed E-state index contributed by atoms with van der Waals surface area (Å²) in [5, 5.41) is 2.96. The molecule has 1 atom stereocenters. The largest absolute Gasteiger partial charge is 0.448 e. The average Bonchev–Trinajstić information content (AvgIpc) is 2.89. The van der Waals surface area contributed by atoms with Crippen molar-refractivity contribution in [3.05, 3.63) is 17.4 Å². The minimum Gasteiger partial charge on any atom is -0.448 e. The summed E-state index contributed by atoms with van der Waals surface area (Å²) in [5.74, 6) is 0.605. The molecule has 2 heterocycles. The number of nitrogens with zero attached hydrogens (tertiary/aromatic N) is 2. The molecular formula is C15H25N3O4S. The molecule has 1 aromatic rings. The zero-order valence-electron chi connectivity index (χ0n) is 14.1. The molecule has 23 heavy (non-hydrogen) atoms. The van der Waals surface area contributed by atoms with Crippen LogP contribution in [0.15, 0.2) is 15.6 Å². The molecule has 0 aliphatic carbocycles. The smallest absolute Gasteiger partial charge is 0.275 e. The van der Waals surface area contributed by atoms with E-state index in [0.717, 1.165) is 23.7 Å². The molecule has 1 amide bonds. The Labute approximate surface area is 137 Å². The lowest BCUT2D eigenvalue weighted by Gasteiger charge is -2.32. The first kappa shape index (κ1) is 18.0. The topological polar surface area (TPSA) is 82.9 Å². The number of likely N-dealkylation sites (tertiary alicyclic amines) is 1. The van der Waals surface area contributed by atoms with Crippen molar-refractivity contribution in [2.75, 3.05) is 40.8 Å². The Bertz CT molecular complexity index is 664. The van der Waals surface area contributed by atoms with Crippen molar-refractivity contribution >= 4 is 15.9 Å². The molecule has 1 fully saturated rings. The standard InChI is InChI=1S/C15H25N3O4S/c1-11-13(8-14(22-11)23(20,21)17(3)4)15(19)18-7-5-6-12(10-18)9-16-2/h8,12,16H,5-7,9-10H2,1-4H3. The Morgan fingerprint density at radius 3 is 2.78 bits per heavy atom. The Kier molecular flexibility index (Phi) is 5.49. The minimum atomic E-state index is -3.68. The van der Waals surface area contributed by atoms with E-state index in [9.17, 15) is 13.2 Å². The third-order valence-electron chi connectivity index (χ3n) is 4.16. The van der Waals surface area contributed by atoms with Crippen LogP contribution in [0.4, 0.5) is 0 Å². The fourth-order valence-corrected chi connectivity index (χ4v) is 3.71. The molecule has 2 rings (SSSR count). The number of hydrogen-bond acceptors (Lipinski definition) is 5. The predicted octanol–water partition coefficient (Wildman–Crippen LogP) is 0.910. The summed E-state index contributed by atoms with van der Waals surface area (Å²) in [6.07, 6.45) is 2.05. The molecule has 1 unspecified atom stereocenters. The lowest BCUT2D eigenvalue weighted by Crippen LogP contribution is -2.42. The summed E-state index contributed by atoms with van der Waals surface area (Å²) in [5.41, 5.74) is 0.329. The van der Waals surface area contributed by atoms with Crippen molar-refractivity contribution in [3.8, 4) is 0 Å². The van der Waals surface area contributed by atoms with Gasteiger partial charge in [0.1, 0.15) is 5.76 Å². The Balaban J connectivity index is 2.22. The second-order valence-electron chi connectivity index (χ2n) is 6.14. The fraction of sp³-hybridized carbons (Fsp3) is 0.667. The molecule has 0 radical (unpaired) electrons. The summed E-state index contributed by atoms with van der Waals surface area (Å²) in [6.45, 7) is 3.87. The summed E-state index contributed by atoms with van der Waals surface area (Å²) < 4.78 is 30.7. The molecule has 7 nitrogen and oxygen atoms in total. The van der Waals surface area contributed by atoms with Gasteiger partial charge in [-0.1, -0.05) is 0 Å². The van der Waals surface area contributed by atoms with E-state index in [1.807, 2.05) is 7.05 Å². The van der Waals surface area contributed by atoms with E-state index in [-0.39, 0.29) is 11.0 Å². The van der Waals surface area contributed by atoms with Gasteiger partial charge >= 0.3 is 0 Å². The lowest BCUT2D eigenvalue weighted by atomic mass is 9.97. The van der Waals surface area contributed by atoms with Crippen molar-refractivity contribution in [3.63, 3.8) is 0 Å². The van der Waals surface area contributed by atoms with Gasteiger partial charge in [0.2, 0.25) is 5.09 Å². The van der Waals surface area contributed by atoms with Gasteiger partial charge in [0.15, 0.2) is 0 Å². The maximum absolute atomic E-state index is 12.7. The van der Waals surface area contributed by atoms with E-state index in [0.29, 0.717) is 30.3 Å². The number of piperidine rings is 1. The summed E-state index contributed by atoms with van der Waals surface area (Å²) in [6, 6.07) is 1.34. The molecule has 0 saturated carbocycles. The van der Waals surface area contributed by atoms with Crippen LogP contribution in [-0.4, -0.2) is 64.3 Å². The van der Waals surface area contributed by atoms with Gasteiger partial charge in [-0.05, 0) is 39.3 Å². The molecule has 1 aliphatic heterocycles. The number of amides is 1. The summed E-state index contributed by atoms with van der Waals surface area (Å²) in [4.78, 5) is 14.5. The van der Waals surface area contributed by atoms with E-state index >= 15 is 0 Å². The molecular weight excluding hydrogens is 318 g/mol. The predicted molar refractivity (Wildman–Crippen MR) is 86.9 cm³/mol. The van der Waals surface area contributed by atoms with Crippen LogP contribution in [0, 0.1) is 12.8 Å². The second-order valence-corrected chi connectivity index (χ2v) is 8.22. The number of carbonyl (C=O) groups excluding carboxylic acids is 1. The SMILES string of the molecule is CNCC1CCCN(C(=O)c2cc(S(=O)(=O)N(C)C)oc2C)C1. The molecule has 1 N–H and O–H groups in total. The van der Waals surface area contributed by atoms with Crippen LogP contribution >= 0.6 is 0 Å². The Morgan fingerprint density at radius 2 is 2.17 bits per heavy atom. The van der Waals surface area contributed by atoms with Crippen LogP contribution < -0.4 is 5.32 Å². The van der Waals surface area contributed by atoms with E-state index < -0.39 is 10.0 Å². The number of hydrogen-bond donors (Lipinski definition) is 1. The molecule has 8 heteroatoms. The molecule has 1 aromatic heterocycles. The van der Waals surface area contributed by atoms with Crippen LogP contribution in [0.2, 0.25) is 0 Å². The third kappa shape index (κ3) is 3.76. The monoisotopic (exact) mass is 343 g/mol. The lowest BCUT2D eigenvalue weighted by molar-refractivity contribution is 0.0672. The van der Waals surface area contributed by atoms with Gasteiger partial charge in [-0.25, -0.2) is 12.7 Å². The fourth-order valence-electron chi connectivity index (χ4n) is 2.85. The highest BCUT2D eigenvalue weighted by atomic mass is 32.2. The number of nitrogens with one attached hydrogen (secondary N) is 1. The first-order chi connectivity index (χ1) is 10.8. The number of carbonyl (C=O) groups is 1. The third-order valence-corrected chi connectivity index (χ3v) is 5.83. The molecule has 1 saturated heterocycles. The van der Waals surface area contributed by atoms with Crippen LogP contribution in [0.5, 0.6) is 0 Å². The van der Waals surface area contributed by atoms with E-state index in [4.69, 9.17) is 4.42 Å². The molecule has 130 valence electrons. The summed E-state index contributed by atoms with van der Waals surface area (Å²) >= 11 is 0.